The minimum Gasteiger partial charge on any atom is -0.450 e. The number of rotatable bonds is 16. The van der Waals surface area contributed by atoms with Crippen molar-refractivity contribution in [1.29, 1.82) is 0 Å². The summed E-state index contributed by atoms with van der Waals surface area (Å²) in [6, 6.07) is 20.0. The second-order valence-corrected chi connectivity index (χ2v) is 14.5. The van der Waals surface area contributed by atoms with Crippen LogP contribution in [0.25, 0.3) is 0 Å². The SMILES string of the molecule is C[C@@H]1CCO[C@H]2Cn3cc(C(=O)NCc4ccc(F)cc4F)c(=O)c(OC(CCOP(=O)(OCc4ccccc4)OCc4ccccc4)OC(=O)O)c3C(=O)N12. The number of nitrogens with one attached hydrogen (secondary N) is 1. The fraction of sp³-hybridized carbons (Fsp3) is 0.316. The van der Waals surface area contributed by atoms with Gasteiger partial charge in [0.15, 0.2) is 11.9 Å². The summed E-state index contributed by atoms with van der Waals surface area (Å²) in [5.41, 5.74) is -0.728. The molecule has 1 fully saturated rings. The highest BCUT2D eigenvalue weighted by Crippen LogP contribution is 2.51. The third-order valence-corrected chi connectivity index (χ3v) is 10.3. The van der Waals surface area contributed by atoms with Gasteiger partial charge in [0, 0.05) is 36.8 Å². The van der Waals surface area contributed by atoms with Gasteiger partial charge in [-0.2, -0.15) is 0 Å². The fourth-order valence-electron chi connectivity index (χ4n) is 6.06. The fourth-order valence-corrected chi connectivity index (χ4v) is 7.23. The van der Waals surface area contributed by atoms with E-state index in [0.29, 0.717) is 30.2 Å². The number of carboxylic acid groups (broad SMARTS) is 1. The van der Waals surface area contributed by atoms with Crippen molar-refractivity contribution < 1.29 is 60.6 Å². The molecule has 1 aromatic heterocycles. The summed E-state index contributed by atoms with van der Waals surface area (Å²) in [4.78, 5) is 54.8. The van der Waals surface area contributed by atoms with E-state index in [-0.39, 0.29) is 37.1 Å². The Morgan fingerprint density at radius 1 is 0.982 bits per heavy atom. The van der Waals surface area contributed by atoms with Gasteiger partial charge in [0.25, 0.3) is 11.8 Å². The first-order valence-electron chi connectivity index (χ1n) is 17.5. The van der Waals surface area contributed by atoms with Crippen molar-refractivity contribution in [1.82, 2.24) is 14.8 Å². The molecule has 3 atom stereocenters. The molecule has 56 heavy (non-hydrogen) atoms. The molecular weight excluding hydrogens is 759 g/mol. The number of carbonyl (C=O) groups is 3. The lowest BCUT2D eigenvalue weighted by molar-refractivity contribution is -0.113. The highest BCUT2D eigenvalue weighted by molar-refractivity contribution is 7.48. The number of aromatic nitrogens is 1. The van der Waals surface area contributed by atoms with Gasteiger partial charge in [-0.15, -0.1) is 0 Å². The van der Waals surface area contributed by atoms with Crippen LogP contribution in [-0.2, 0) is 53.9 Å². The normalized spacial score (nSPS) is 17.1. The molecule has 2 aliphatic rings. The lowest BCUT2D eigenvalue weighted by Gasteiger charge is -2.44. The van der Waals surface area contributed by atoms with Crippen LogP contribution >= 0.6 is 7.82 Å². The van der Waals surface area contributed by atoms with Crippen molar-refractivity contribution in [3.63, 3.8) is 0 Å². The highest BCUT2D eigenvalue weighted by Gasteiger charge is 2.42. The van der Waals surface area contributed by atoms with Crippen molar-refractivity contribution in [2.45, 2.75) is 64.6 Å². The van der Waals surface area contributed by atoms with Gasteiger partial charge < -0.3 is 34.1 Å². The number of hydrogen-bond donors (Lipinski definition) is 2. The molecule has 296 valence electrons. The summed E-state index contributed by atoms with van der Waals surface area (Å²) in [7, 11) is -4.34. The van der Waals surface area contributed by atoms with E-state index >= 15 is 0 Å². The van der Waals surface area contributed by atoms with E-state index in [9.17, 15) is 37.6 Å². The Bertz CT molecular complexity index is 2110. The molecule has 3 aromatic carbocycles. The number of amides is 2. The quantitative estimate of drug-likeness (QED) is 0.0769. The molecule has 18 heteroatoms. The number of carbonyl (C=O) groups excluding carboxylic acids is 2. The maximum atomic E-state index is 14.3. The molecule has 15 nitrogen and oxygen atoms in total. The van der Waals surface area contributed by atoms with Crippen LogP contribution in [0.5, 0.6) is 5.75 Å². The number of pyridine rings is 1. The zero-order valence-corrected chi connectivity index (χ0v) is 30.9. The summed E-state index contributed by atoms with van der Waals surface area (Å²) in [6.07, 6.45) is -3.33. The molecule has 3 heterocycles. The Morgan fingerprint density at radius 3 is 2.27 bits per heavy atom. The second-order valence-electron chi connectivity index (χ2n) is 12.8. The van der Waals surface area contributed by atoms with Crippen molar-refractivity contribution in [2.24, 2.45) is 0 Å². The van der Waals surface area contributed by atoms with Crippen LogP contribution in [0.1, 0.15) is 57.3 Å². The average Bonchev–Trinajstić information content (AvgIpc) is 3.17. The number of ether oxygens (including phenoxy) is 3. The first-order valence-corrected chi connectivity index (χ1v) is 19.0. The lowest BCUT2D eigenvalue weighted by Crippen LogP contribution is -2.57. The van der Waals surface area contributed by atoms with E-state index in [1.54, 1.807) is 67.6 Å². The van der Waals surface area contributed by atoms with Gasteiger partial charge in [-0.3, -0.25) is 28.0 Å². The van der Waals surface area contributed by atoms with Crippen molar-refractivity contribution in [3.05, 3.63) is 135 Å². The number of hydrogen-bond acceptors (Lipinski definition) is 11. The predicted molar refractivity (Wildman–Crippen MR) is 192 cm³/mol. The zero-order valence-electron chi connectivity index (χ0n) is 30.0. The monoisotopic (exact) mass is 797 g/mol. The summed E-state index contributed by atoms with van der Waals surface area (Å²) < 4.78 is 76.3. The van der Waals surface area contributed by atoms with Gasteiger partial charge in [0.1, 0.15) is 17.2 Å². The lowest BCUT2D eigenvalue weighted by atomic mass is 10.1. The molecule has 1 unspecified atom stereocenters. The third kappa shape index (κ3) is 9.85. The Morgan fingerprint density at radius 2 is 1.64 bits per heavy atom. The molecule has 2 aliphatic heterocycles. The first kappa shape index (κ1) is 40.2. The van der Waals surface area contributed by atoms with E-state index in [4.69, 9.17) is 27.8 Å². The van der Waals surface area contributed by atoms with E-state index in [1.807, 2.05) is 0 Å². The number of halogens is 2. The molecule has 0 radical (unpaired) electrons. The summed E-state index contributed by atoms with van der Waals surface area (Å²) in [5, 5.41) is 12.0. The van der Waals surface area contributed by atoms with Gasteiger partial charge in [-0.1, -0.05) is 66.7 Å². The minimum atomic E-state index is -4.34. The zero-order chi connectivity index (χ0) is 39.8. The number of fused-ring (bicyclic) bond motifs is 2. The molecule has 2 amide bonds. The third-order valence-electron chi connectivity index (χ3n) is 8.91. The van der Waals surface area contributed by atoms with Gasteiger partial charge in [-0.05, 0) is 30.5 Å². The smallest absolute Gasteiger partial charge is 0.450 e. The molecule has 6 rings (SSSR count). The van der Waals surface area contributed by atoms with Gasteiger partial charge >= 0.3 is 14.0 Å². The van der Waals surface area contributed by atoms with Gasteiger partial charge in [0.05, 0.1) is 33.0 Å². The van der Waals surface area contributed by atoms with Crippen LogP contribution < -0.4 is 15.5 Å². The molecule has 0 spiro atoms. The molecule has 0 bridgehead atoms. The second kappa shape index (κ2) is 18.0. The summed E-state index contributed by atoms with van der Waals surface area (Å²) in [5.74, 6) is -4.17. The largest absolute Gasteiger partial charge is 0.508 e. The van der Waals surface area contributed by atoms with Crippen LogP contribution in [-0.4, -0.2) is 64.3 Å². The van der Waals surface area contributed by atoms with Crippen LogP contribution in [0.3, 0.4) is 0 Å². The van der Waals surface area contributed by atoms with Crippen LogP contribution in [0.4, 0.5) is 13.6 Å². The maximum Gasteiger partial charge on any atom is 0.508 e. The molecule has 0 aliphatic carbocycles. The van der Waals surface area contributed by atoms with Crippen LogP contribution in [0.15, 0.2) is 89.9 Å². The first-order chi connectivity index (χ1) is 26.9. The van der Waals surface area contributed by atoms with Crippen LogP contribution in [0, 0.1) is 11.6 Å². The van der Waals surface area contributed by atoms with E-state index < -0.39 is 86.3 Å². The van der Waals surface area contributed by atoms with Crippen LogP contribution in [0.2, 0.25) is 0 Å². The Balaban J connectivity index is 1.26. The Labute approximate surface area is 319 Å². The Kier molecular flexibility index (Phi) is 12.9. The van der Waals surface area contributed by atoms with Crippen molar-refractivity contribution in [2.75, 3.05) is 13.2 Å². The van der Waals surface area contributed by atoms with Crippen molar-refractivity contribution in [3.8, 4) is 5.75 Å². The molecule has 4 aromatic rings. The average molecular weight is 798 g/mol. The minimum absolute atomic E-state index is 0.0385. The summed E-state index contributed by atoms with van der Waals surface area (Å²) >= 11 is 0. The molecule has 1 saturated heterocycles. The maximum absolute atomic E-state index is 14.3. The Hall–Kier alpha value is -5.45. The topological polar surface area (TPSA) is 181 Å². The summed E-state index contributed by atoms with van der Waals surface area (Å²) in [6.45, 7) is 0.788. The highest BCUT2D eigenvalue weighted by atomic mass is 31.2. The number of phosphoric acid groups is 1. The van der Waals surface area contributed by atoms with Gasteiger partial charge in [-0.25, -0.2) is 18.1 Å². The van der Waals surface area contributed by atoms with Crippen molar-refractivity contribution >= 4 is 25.8 Å². The van der Waals surface area contributed by atoms with E-state index in [1.165, 1.54) is 9.47 Å². The number of nitrogens with zero attached hydrogens (tertiary/aromatic N) is 2. The standard InChI is InChI=1S/C38H38F2N3O12P/c1-24-14-16-50-31-21-42-20-29(36(45)41-19-27-12-13-28(39)18-30(27)40)34(44)35(33(42)37(46)43(24)31)54-32(55-38(47)48)15-17-51-56(49,52-22-25-8-4-2-5-9-25)53-23-26-10-6-3-7-11-26/h2-13,18,20,24,31-32H,14-17,19,21-23H2,1H3,(H,41,45)(H,47,48)/t24-,31+,32?/m1/s1. The molecule has 0 saturated carbocycles. The molecule has 2 N–H and O–H groups in total. The van der Waals surface area contributed by atoms with E-state index in [2.05, 4.69) is 5.32 Å². The van der Waals surface area contributed by atoms with E-state index in [0.717, 1.165) is 18.3 Å². The number of benzene rings is 3. The molecular formula is C38H38F2N3O12P. The van der Waals surface area contributed by atoms with Gasteiger partial charge in [0.2, 0.25) is 17.5 Å². The number of phosphoric ester groups is 1. The predicted octanol–water partition coefficient (Wildman–Crippen LogP) is 6.00.